The number of ether oxygens (including phenoxy) is 2. The van der Waals surface area contributed by atoms with Crippen molar-refractivity contribution < 1.29 is 14.3 Å². The van der Waals surface area contributed by atoms with Crippen LogP contribution in [-0.2, 0) is 16.0 Å². The maximum absolute atomic E-state index is 12.6. The minimum Gasteiger partial charge on any atom is -0.444 e. The fourth-order valence-electron chi connectivity index (χ4n) is 2.89. The molecular formula is C19H29BrN2O3. The van der Waals surface area contributed by atoms with Crippen LogP contribution in [0.1, 0.15) is 39.2 Å². The van der Waals surface area contributed by atoms with Gasteiger partial charge < -0.3 is 19.3 Å². The molecule has 1 fully saturated rings. The first-order valence-corrected chi connectivity index (χ1v) is 9.59. The number of anilines is 1. The Bertz CT molecular complexity index is 581. The van der Waals surface area contributed by atoms with Crippen LogP contribution in [0, 0.1) is 0 Å². The van der Waals surface area contributed by atoms with Crippen LogP contribution in [0.4, 0.5) is 10.5 Å². The molecule has 140 valence electrons. The molecule has 1 heterocycles. The highest BCUT2D eigenvalue weighted by molar-refractivity contribution is 9.10. The number of benzene rings is 1. The lowest BCUT2D eigenvalue weighted by molar-refractivity contribution is 0.0184. The highest BCUT2D eigenvalue weighted by atomic mass is 79.9. The van der Waals surface area contributed by atoms with Crippen molar-refractivity contribution in [3.05, 3.63) is 28.2 Å². The smallest absolute Gasteiger partial charge is 0.410 e. The van der Waals surface area contributed by atoms with E-state index in [-0.39, 0.29) is 6.09 Å². The topological polar surface area (TPSA) is 42.0 Å². The lowest BCUT2D eigenvalue weighted by atomic mass is 10.1. The molecule has 1 aromatic carbocycles. The number of methoxy groups -OCH3 is 1. The lowest BCUT2D eigenvalue weighted by Gasteiger charge is -2.29. The molecule has 1 aliphatic heterocycles. The summed E-state index contributed by atoms with van der Waals surface area (Å²) in [5, 5.41) is 0. The maximum atomic E-state index is 12.6. The fraction of sp³-hybridized carbons (Fsp3) is 0.632. The van der Waals surface area contributed by atoms with Crippen molar-refractivity contribution in [3.63, 3.8) is 0 Å². The van der Waals surface area contributed by atoms with Gasteiger partial charge in [-0.2, -0.15) is 0 Å². The summed E-state index contributed by atoms with van der Waals surface area (Å²) in [5.74, 6) is 0. The van der Waals surface area contributed by atoms with Crippen molar-refractivity contribution >= 4 is 27.7 Å². The van der Waals surface area contributed by atoms with Gasteiger partial charge in [0.25, 0.3) is 0 Å². The van der Waals surface area contributed by atoms with Gasteiger partial charge in [0, 0.05) is 36.9 Å². The molecule has 0 unspecified atom stereocenters. The Labute approximate surface area is 159 Å². The van der Waals surface area contributed by atoms with Crippen molar-refractivity contribution in [2.75, 3.05) is 38.3 Å². The minimum absolute atomic E-state index is 0.306. The van der Waals surface area contributed by atoms with E-state index in [0.717, 1.165) is 23.1 Å². The Morgan fingerprint density at radius 3 is 2.56 bits per heavy atom. The molecule has 0 bridgehead atoms. The summed E-state index contributed by atoms with van der Waals surface area (Å²) in [5.41, 5.74) is 1.81. The number of carbonyl (C=O) groups excluding carboxylic acids is 1. The molecule has 1 aromatic rings. The van der Waals surface area contributed by atoms with Gasteiger partial charge in [0.15, 0.2) is 0 Å². The molecule has 25 heavy (non-hydrogen) atoms. The van der Waals surface area contributed by atoms with Gasteiger partial charge >= 0.3 is 6.09 Å². The molecular weight excluding hydrogens is 384 g/mol. The zero-order chi connectivity index (χ0) is 18.4. The van der Waals surface area contributed by atoms with Gasteiger partial charge in [0.2, 0.25) is 0 Å². The molecule has 6 heteroatoms. The molecule has 5 nitrogen and oxygen atoms in total. The van der Waals surface area contributed by atoms with E-state index in [2.05, 4.69) is 33.0 Å². The Balaban J connectivity index is 2.21. The summed E-state index contributed by atoms with van der Waals surface area (Å²) in [6.07, 6.45) is 2.12. The number of amides is 1. The van der Waals surface area contributed by atoms with Crippen molar-refractivity contribution in [2.24, 2.45) is 0 Å². The van der Waals surface area contributed by atoms with Crippen LogP contribution in [0.25, 0.3) is 0 Å². The molecule has 0 radical (unpaired) electrons. The van der Waals surface area contributed by atoms with Gasteiger partial charge in [-0.3, -0.25) is 0 Å². The monoisotopic (exact) mass is 412 g/mol. The number of hydrogen-bond acceptors (Lipinski definition) is 4. The number of nitrogens with zero attached hydrogens (tertiary/aromatic N) is 2. The summed E-state index contributed by atoms with van der Waals surface area (Å²) in [6, 6.07) is 6.25. The van der Waals surface area contributed by atoms with Crippen LogP contribution < -0.4 is 4.90 Å². The van der Waals surface area contributed by atoms with Crippen molar-refractivity contribution in [2.45, 2.75) is 45.8 Å². The molecule has 1 aliphatic rings. The fourth-order valence-corrected chi connectivity index (χ4v) is 3.24. The van der Waals surface area contributed by atoms with E-state index >= 15 is 0 Å². The van der Waals surface area contributed by atoms with E-state index in [4.69, 9.17) is 9.47 Å². The zero-order valence-corrected chi connectivity index (χ0v) is 17.3. The van der Waals surface area contributed by atoms with Crippen LogP contribution in [0.15, 0.2) is 22.7 Å². The standard InChI is InChI=1S/C19H29BrN2O3/c1-19(2,3)25-18(23)22(11-12-24-4)14-15-7-8-16(20)13-17(15)21-9-5-6-10-21/h7-8,13H,5-6,9-12,14H2,1-4H3. The van der Waals surface area contributed by atoms with Gasteiger partial charge in [-0.15, -0.1) is 0 Å². The number of rotatable bonds is 6. The van der Waals surface area contributed by atoms with Crippen molar-refractivity contribution in [1.82, 2.24) is 4.90 Å². The van der Waals surface area contributed by atoms with Gasteiger partial charge in [0.1, 0.15) is 5.60 Å². The predicted octanol–water partition coefficient (Wildman–Crippen LogP) is 4.43. The number of halogens is 1. The van der Waals surface area contributed by atoms with Gasteiger partial charge in [-0.1, -0.05) is 22.0 Å². The normalized spacial score (nSPS) is 14.7. The first-order chi connectivity index (χ1) is 11.8. The summed E-state index contributed by atoms with van der Waals surface area (Å²) in [7, 11) is 1.64. The summed E-state index contributed by atoms with van der Waals surface area (Å²) < 4.78 is 11.8. The molecule has 1 saturated heterocycles. The third kappa shape index (κ3) is 6.19. The average Bonchev–Trinajstić information content (AvgIpc) is 3.05. The Morgan fingerprint density at radius 1 is 1.28 bits per heavy atom. The predicted molar refractivity (Wildman–Crippen MR) is 104 cm³/mol. The second-order valence-electron chi connectivity index (χ2n) is 7.36. The highest BCUT2D eigenvalue weighted by Gasteiger charge is 2.24. The van der Waals surface area contributed by atoms with Gasteiger partial charge in [-0.05, 0) is 51.3 Å². The van der Waals surface area contributed by atoms with E-state index in [9.17, 15) is 4.79 Å². The number of carbonyl (C=O) groups is 1. The summed E-state index contributed by atoms with van der Waals surface area (Å²) in [6.45, 7) is 9.27. The highest BCUT2D eigenvalue weighted by Crippen LogP contribution is 2.29. The van der Waals surface area contributed by atoms with Gasteiger partial charge in [0.05, 0.1) is 13.2 Å². The Morgan fingerprint density at radius 2 is 1.96 bits per heavy atom. The minimum atomic E-state index is -0.514. The lowest BCUT2D eigenvalue weighted by Crippen LogP contribution is -2.38. The van der Waals surface area contributed by atoms with Crippen molar-refractivity contribution in [3.8, 4) is 0 Å². The summed E-state index contributed by atoms with van der Waals surface area (Å²) >= 11 is 3.57. The van der Waals surface area contributed by atoms with E-state index in [1.807, 2.05) is 26.8 Å². The molecule has 0 atom stereocenters. The van der Waals surface area contributed by atoms with Crippen LogP contribution >= 0.6 is 15.9 Å². The third-order valence-corrected chi connectivity index (χ3v) is 4.57. The Hall–Kier alpha value is -1.27. The molecule has 1 amide bonds. The summed E-state index contributed by atoms with van der Waals surface area (Å²) in [4.78, 5) is 16.7. The Kier molecular flexibility index (Phi) is 7.14. The molecule has 2 rings (SSSR count). The quantitative estimate of drug-likeness (QED) is 0.692. The first kappa shape index (κ1) is 20.0. The second kappa shape index (κ2) is 8.90. The van der Waals surface area contributed by atoms with Crippen LogP contribution in [0.3, 0.4) is 0 Å². The van der Waals surface area contributed by atoms with Crippen LogP contribution in [-0.4, -0.2) is 49.9 Å². The van der Waals surface area contributed by atoms with Crippen LogP contribution in [0.2, 0.25) is 0 Å². The van der Waals surface area contributed by atoms with E-state index < -0.39 is 5.60 Å². The second-order valence-corrected chi connectivity index (χ2v) is 8.28. The molecule has 0 spiro atoms. The zero-order valence-electron chi connectivity index (χ0n) is 15.7. The van der Waals surface area contributed by atoms with E-state index in [1.165, 1.54) is 18.5 Å². The van der Waals surface area contributed by atoms with Crippen LogP contribution in [0.5, 0.6) is 0 Å². The van der Waals surface area contributed by atoms with E-state index in [0.29, 0.717) is 19.7 Å². The molecule has 0 aromatic heterocycles. The molecule has 0 aliphatic carbocycles. The third-order valence-electron chi connectivity index (χ3n) is 4.07. The molecule has 0 saturated carbocycles. The largest absolute Gasteiger partial charge is 0.444 e. The first-order valence-electron chi connectivity index (χ1n) is 8.80. The van der Waals surface area contributed by atoms with E-state index in [1.54, 1.807) is 12.0 Å². The number of hydrogen-bond donors (Lipinski definition) is 0. The SMILES string of the molecule is COCCN(Cc1ccc(Br)cc1N1CCCC1)C(=O)OC(C)(C)C. The maximum Gasteiger partial charge on any atom is 0.410 e. The molecule has 0 N–H and O–H groups in total. The van der Waals surface area contributed by atoms with Crippen molar-refractivity contribution in [1.29, 1.82) is 0 Å². The van der Waals surface area contributed by atoms with Gasteiger partial charge in [-0.25, -0.2) is 4.79 Å². The average molecular weight is 413 g/mol.